The van der Waals surface area contributed by atoms with E-state index in [9.17, 15) is 5.26 Å². The quantitative estimate of drug-likeness (QED) is 0.119. The molecule has 4 fully saturated rings. The number of nitrogens with two attached hydrogens (primary N) is 1. The van der Waals surface area contributed by atoms with Crippen LogP contribution >= 0.6 is 0 Å². The van der Waals surface area contributed by atoms with Crippen molar-refractivity contribution in [2.45, 2.75) is 76.6 Å². The van der Waals surface area contributed by atoms with Gasteiger partial charge in [0.15, 0.2) is 0 Å². The maximum Gasteiger partial charge on any atom is 0.256 e. The van der Waals surface area contributed by atoms with E-state index in [1.807, 2.05) is 29.9 Å². The third kappa shape index (κ3) is 9.81. The maximum absolute atomic E-state index is 9.64. The van der Waals surface area contributed by atoms with Crippen LogP contribution in [0.15, 0.2) is 46.8 Å². The topological polar surface area (TPSA) is 170 Å². The molecule has 14 heteroatoms. The first-order chi connectivity index (χ1) is 25.0. The lowest BCUT2D eigenvalue weighted by Crippen LogP contribution is -2.50. The van der Waals surface area contributed by atoms with Gasteiger partial charge in [-0.1, -0.05) is 6.07 Å². The van der Waals surface area contributed by atoms with Gasteiger partial charge in [-0.05, 0) is 75.0 Å². The molecule has 1 saturated carbocycles. The number of nitrogens with zero attached hydrogens (tertiary/aromatic N) is 8. The van der Waals surface area contributed by atoms with E-state index in [4.69, 9.17) is 29.8 Å². The van der Waals surface area contributed by atoms with Gasteiger partial charge in [0.05, 0.1) is 44.5 Å². The highest BCUT2D eigenvalue weighted by Crippen LogP contribution is 2.36. The zero-order valence-electron chi connectivity index (χ0n) is 29.7. The Morgan fingerprint density at radius 1 is 1.10 bits per heavy atom. The van der Waals surface area contributed by atoms with Crippen LogP contribution in [-0.4, -0.2) is 102 Å². The summed E-state index contributed by atoms with van der Waals surface area (Å²) in [5.74, 6) is 2.67. The summed E-state index contributed by atoms with van der Waals surface area (Å²) in [6.45, 7) is 7.20. The lowest BCUT2D eigenvalue weighted by atomic mass is 9.83. The Hall–Kier alpha value is -4.58. The number of fused-ring (bicyclic) bond motifs is 4. The van der Waals surface area contributed by atoms with Gasteiger partial charge in [-0.25, -0.2) is 15.0 Å². The normalized spacial score (nSPS) is 22.9. The zero-order chi connectivity index (χ0) is 35.4. The smallest absolute Gasteiger partial charge is 0.256 e. The fourth-order valence-corrected chi connectivity index (χ4v) is 7.34. The molecule has 0 spiro atoms. The van der Waals surface area contributed by atoms with Crippen molar-refractivity contribution in [2.75, 3.05) is 51.9 Å². The first-order valence-corrected chi connectivity index (χ1v) is 18.1. The van der Waals surface area contributed by atoms with Gasteiger partial charge in [0.25, 0.3) is 5.88 Å². The largest absolute Gasteiger partial charge is 0.487 e. The predicted molar refractivity (Wildman–Crippen MR) is 196 cm³/mol. The number of aromatic nitrogens is 4. The summed E-state index contributed by atoms with van der Waals surface area (Å²) in [4.78, 5) is 19.9. The van der Waals surface area contributed by atoms with Crippen molar-refractivity contribution in [3.8, 4) is 28.8 Å². The lowest BCUT2D eigenvalue weighted by Gasteiger charge is -2.44. The number of aliphatic imine (C=N–C) groups is 2. The molecule has 272 valence electrons. The van der Waals surface area contributed by atoms with Crippen LogP contribution in [0.25, 0.3) is 11.1 Å². The molecule has 1 aromatic carbocycles. The summed E-state index contributed by atoms with van der Waals surface area (Å²) < 4.78 is 25.3. The van der Waals surface area contributed by atoms with E-state index in [-0.39, 0.29) is 6.10 Å². The number of nitriles is 1. The molecule has 2 bridgehead atoms. The fourth-order valence-electron chi connectivity index (χ4n) is 7.34. The fraction of sp³-hybridized carbons (Fsp3) is 0.568. The molecule has 0 radical (unpaired) electrons. The Morgan fingerprint density at radius 3 is 2.71 bits per heavy atom. The Kier molecular flexibility index (Phi) is 12.8. The van der Waals surface area contributed by atoms with Crippen molar-refractivity contribution >= 4 is 24.3 Å². The number of ether oxygens (including phenoxy) is 4. The molecule has 3 atom stereocenters. The molecule has 1 aliphatic carbocycles. The van der Waals surface area contributed by atoms with Crippen LogP contribution in [0.5, 0.6) is 11.6 Å². The predicted octanol–water partition coefficient (Wildman–Crippen LogP) is 4.82. The van der Waals surface area contributed by atoms with Crippen LogP contribution < -0.4 is 20.5 Å². The molecule has 7 rings (SSSR count). The third-order valence-electron chi connectivity index (χ3n) is 9.96. The maximum atomic E-state index is 9.64. The summed E-state index contributed by atoms with van der Waals surface area (Å²) in [5.41, 5.74) is 7.99. The van der Waals surface area contributed by atoms with Crippen molar-refractivity contribution < 1.29 is 18.9 Å². The minimum atomic E-state index is -0.281. The molecule has 2 unspecified atom stereocenters. The van der Waals surface area contributed by atoms with Gasteiger partial charge < -0.3 is 30.0 Å². The number of methoxy groups -OCH3 is 1. The molecule has 51 heavy (non-hydrogen) atoms. The third-order valence-corrected chi connectivity index (χ3v) is 9.96. The van der Waals surface area contributed by atoms with Crippen molar-refractivity contribution in [3.63, 3.8) is 0 Å². The first-order valence-electron chi connectivity index (χ1n) is 18.1. The molecule has 3 N–H and O–H groups in total. The summed E-state index contributed by atoms with van der Waals surface area (Å²) in [5, 5.41) is 17.8. The second-order valence-electron chi connectivity index (χ2n) is 13.7. The standard InChI is InChI=1S/C37H50N10O4/c1-26(16-40-25-41-24-39)51-35-14-29(7-8-30(35)15-38)31-17-42-37(43-18-31)44-34-21-46(45-36(34)50-13-3-12-48-2)19-27-4-9-32(10-5-27)47-20-28-6-11-33(47)23-49-22-28/h7-8,14,17-18,21,24-28,32-33H,3-6,9-13,16,19-20,22-23H2,1-2H3,(H2,39,40,41)(H,42,43,44)/t26-,27?,28?,32?,33?/m0/s1. The lowest BCUT2D eigenvalue weighted by molar-refractivity contribution is 0.0441. The minimum Gasteiger partial charge on any atom is -0.487 e. The van der Waals surface area contributed by atoms with E-state index in [1.165, 1.54) is 57.7 Å². The Labute approximate surface area is 300 Å². The van der Waals surface area contributed by atoms with E-state index >= 15 is 0 Å². The minimum absolute atomic E-state index is 0.281. The molecular formula is C37H50N10O4. The molecule has 3 aromatic rings. The number of nitrogens with one attached hydrogen (secondary N) is 1. The Morgan fingerprint density at radius 2 is 1.92 bits per heavy atom. The summed E-state index contributed by atoms with van der Waals surface area (Å²) in [6, 6.07) is 8.85. The van der Waals surface area contributed by atoms with Crippen LogP contribution in [0.1, 0.15) is 57.4 Å². The Bertz CT molecular complexity index is 1640. The van der Waals surface area contributed by atoms with E-state index in [1.54, 1.807) is 25.6 Å². The van der Waals surface area contributed by atoms with E-state index in [2.05, 4.69) is 36.2 Å². The van der Waals surface area contributed by atoms with Crippen LogP contribution in [-0.2, 0) is 16.0 Å². The summed E-state index contributed by atoms with van der Waals surface area (Å²) in [6.07, 6.45) is 15.9. The molecule has 14 nitrogen and oxygen atoms in total. The zero-order valence-corrected chi connectivity index (χ0v) is 29.7. The van der Waals surface area contributed by atoms with Crippen molar-refractivity contribution in [1.82, 2.24) is 24.6 Å². The number of piperidine rings is 1. The molecule has 3 saturated heterocycles. The van der Waals surface area contributed by atoms with Crippen LogP contribution in [0.4, 0.5) is 11.6 Å². The summed E-state index contributed by atoms with van der Waals surface area (Å²) in [7, 11) is 1.69. The highest BCUT2D eigenvalue weighted by molar-refractivity contribution is 5.69. The molecular weight excluding hydrogens is 648 g/mol. The number of rotatable bonds is 16. The van der Waals surface area contributed by atoms with Gasteiger partial charge in [0.2, 0.25) is 5.95 Å². The molecule has 4 aliphatic rings. The molecule has 3 aliphatic heterocycles. The Balaban J connectivity index is 1.09. The van der Waals surface area contributed by atoms with Gasteiger partial charge in [0.1, 0.15) is 29.9 Å². The second kappa shape index (κ2) is 18.1. The van der Waals surface area contributed by atoms with Crippen LogP contribution in [0, 0.1) is 23.2 Å². The number of anilines is 2. The van der Waals surface area contributed by atoms with Crippen molar-refractivity contribution in [3.05, 3.63) is 42.4 Å². The van der Waals surface area contributed by atoms with E-state index < -0.39 is 0 Å². The summed E-state index contributed by atoms with van der Waals surface area (Å²) >= 11 is 0. The van der Waals surface area contributed by atoms with Gasteiger partial charge in [-0.15, -0.1) is 5.10 Å². The monoisotopic (exact) mass is 698 g/mol. The molecule has 0 amide bonds. The molecule has 2 aromatic heterocycles. The average Bonchev–Trinajstić information content (AvgIpc) is 3.28. The highest BCUT2D eigenvalue weighted by atomic mass is 16.5. The average molecular weight is 699 g/mol. The SMILES string of the molecule is COCCCOc1nn(CC2CCC(N3CC4CCC3COC4)CC2)cc1Nc1ncc(-c2ccc(C#N)c(O[C@@H](C)CN=CN=CN)c2)cn1. The first kappa shape index (κ1) is 36.2. The van der Waals surface area contributed by atoms with Gasteiger partial charge in [-0.3, -0.25) is 14.6 Å². The van der Waals surface area contributed by atoms with Crippen LogP contribution in [0.3, 0.4) is 0 Å². The van der Waals surface area contributed by atoms with Gasteiger partial charge in [-0.2, -0.15) is 5.26 Å². The highest BCUT2D eigenvalue weighted by Gasteiger charge is 2.37. The van der Waals surface area contributed by atoms with Gasteiger partial charge >= 0.3 is 0 Å². The number of benzene rings is 1. The number of hydrogen-bond donors (Lipinski definition) is 2. The van der Waals surface area contributed by atoms with Gasteiger partial charge in [0, 0.05) is 63.3 Å². The second-order valence-corrected chi connectivity index (χ2v) is 13.7. The van der Waals surface area contributed by atoms with Crippen molar-refractivity contribution in [2.24, 2.45) is 27.6 Å². The van der Waals surface area contributed by atoms with E-state index in [0.29, 0.717) is 66.8 Å². The van der Waals surface area contributed by atoms with Crippen molar-refractivity contribution in [1.29, 1.82) is 5.26 Å². The number of hydrogen-bond acceptors (Lipinski definition) is 11. The van der Waals surface area contributed by atoms with E-state index in [0.717, 1.165) is 43.0 Å². The molecule has 5 heterocycles. The van der Waals surface area contributed by atoms with Crippen LogP contribution in [0.2, 0.25) is 0 Å².